The fourth-order valence-corrected chi connectivity index (χ4v) is 6.49. The minimum atomic E-state index is -3.21. The van der Waals surface area contributed by atoms with E-state index in [1.165, 1.54) is 0 Å². The van der Waals surface area contributed by atoms with Crippen LogP contribution < -0.4 is 4.90 Å². The SMILES string of the molecule is C[C@@H]1COCCN1c1cc(C2CCCCS2(=O)=O)nc(-c2ccnc3c2C=CC3)n1. The van der Waals surface area contributed by atoms with E-state index < -0.39 is 15.1 Å². The largest absolute Gasteiger partial charge is 0.377 e. The van der Waals surface area contributed by atoms with Crippen LogP contribution >= 0.6 is 0 Å². The zero-order valence-corrected chi connectivity index (χ0v) is 17.9. The number of ether oxygens (including phenoxy) is 1. The summed E-state index contributed by atoms with van der Waals surface area (Å²) in [6.07, 6.45) is 8.97. The van der Waals surface area contributed by atoms with Gasteiger partial charge in [-0.15, -0.1) is 0 Å². The summed E-state index contributed by atoms with van der Waals surface area (Å²) in [7, 11) is -3.21. The standard InChI is InChI=1S/C22H26N4O3S/c1-15-14-29-11-10-26(15)21-13-19(20-7-2-3-12-30(20,27)28)24-22(25-21)17-8-9-23-18-6-4-5-16(17)18/h4-5,8-9,13,15,20H,2-3,6-7,10-12,14H2,1H3/t15-,20?/m1/s1. The average molecular weight is 427 g/mol. The number of aromatic nitrogens is 3. The summed E-state index contributed by atoms with van der Waals surface area (Å²) in [5.74, 6) is 1.58. The number of nitrogens with zero attached hydrogens (tertiary/aromatic N) is 4. The van der Waals surface area contributed by atoms with Crippen molar-refractivity contribution in [3.63, 3.8) is 0 Å². The van der Waals surface area contributed by atoms with Crippen LogP contribution in [0.1, 0.15) is 48.4 Å². The van der Waals surface area contributed by atoms with Gasteiger partial charge in [0.15, 0.2) is 15.7 Å². The van der Waals surface area contributed by atoms with Gasteiger partial charge in [-0.3, -0.25) is 4.98 Å². The molecule has 0 aromatic carbocycles. The predicted octanol–water partition coefficient (Wildman–Crippen LogP) is 2.97. The van der Waals surface area contributed by atoms with E-state index in [2.05, 4.69) is 29.0 Å². The topological polar surface area (TPSA) is 85.3 Å². The number of hydrogen-bond donors (Lipinski definition) is 0. The summed E-state index contributed by atoms with van der Waals surface area (Å²) in [5, 5.41) is -0.562. The molecular weight excluding hydrogens is 400 g/mol. The van der Waals surface area contributed by atoms with E-state index in [1.807, 2.05) is 12.1 Å². The van der Waals surface area contributed by atoms with Gasteiger partial charge in [0.25, 0.3) is 0 Å². The van der Waals surface area contributed by atoms with Crippen molar-refractivity contribution in [3.05, 3.63) is 41.4 Å². The van der Waals surface area contributed by atoms with Crippen LogP contribution in [0.15, 0.2) is 24.4 Å². The molecule has 8 heteroatoms. The Morgan fingerprint density at radius 3 is 2.97 bits per heavy atom. The van der Waals surface area contributed by atoms with Crippen molar-refractivity contribution in [2.45, 2.75) is 43.9 Å². The Morgan fingerprint density at radius 1 is 1.23 bits per heavy atom. The highest BCUT2D eigenvalue weighted by molar-refractivity contribution is 7.91. The number of hydrogen-bond acceptors (Lipinski definition) is 7. The van der Waals surface area contributed by atoms with Crippen molar-refractivity contribution in [3.8, 4) is 11.4 Å². The lowest BCUT2D eigenvalue weighted by Gasteiger charge is -2.35. The van der Waals surface area contributed by atoms with Crippen LogP contribution in [0.25, 0.3) is 17.5 Å². The molecule has 0 saturated carbocycles. The van der Waals surface area contributed by atoms with Crippen molar-refractivity contribution in [2.24, 2.45) is 0 Å². The van der Waals surface area contributed by atoms with Crippen molar-refractivity contribution in [2.75, 3.05) is 30.4 Å². The molecule has 2 saturated heterocycles. The first-order valence-electron chi connectivity index (χ1n) is 10.6. The molecule has 4 heterocycles. The third kappa shape index (κ3) is 3.52. The maximum atomic E-state index is 12.9. The van der Waals surface area contributed by atoms with Crippen molar-refractivity contribution < 1.29 is 13.2 Å². The molecule has 7 nitrogen and oxygen atoms in total. The van der Waals surface area contributed by atoms with Crippen molar-refractivity contribution in [1.29, 1.82) is 0 Å². The summed E-state index contributed by atoms with van der Waals surface area (Å²) in [5.41, 5.74) is 3.56. The summed E-state index contributed by atoms with van der Waals surface area (Å²) >= 11 is 0. The van der Waals surface area contributed by atoms with Crippen LogP contribution in [0.2, 0.25) is 0 Å². The number of rotatable bonds is 3. The van der Waals surface area contributed by atoms with Gasteiger partial charge >= 0.3 is 0 Å². The Bertz CT molecular complexity index is 1100. The first kappa shape index (κ1) is 19.6. The van der Waals surface area contributed by atoms with Crippen LogP contribution in [0.3, 0.4) is 0 Å². The van der Waals surface area contributed by atoms with Crippen LogP contribution in [-0.2, 0) is 21.0 Å². The molecule has 0 amide bonds. The average Bonchev–Trinajstić information content (AvgIpc) is 3.22. The highest BCUT2D eigenvalue weighted by Gasteiger charge is 2.33. The number of anilines is 1. The van der Waals surface area contributed by atoms with Crippen LogP contribution in [0.4, 0.5) is 5.82 Å². The molecular formula is C22H26N4O3S. The predicted molar refractivity (Wildman–Crippen MR) is 116 cm³/mol. The molecule has 0 spiro atoms. The van der Waals surface area contributed by atoms with Crippen LogP contribution in [0.5, 0.6) is 0 Å². The lowest BCUT2D eigenvalue weighted by molar-refractivity contribution is 0.0985. The molecule has 2 aromatic heterocycles. The van der Waals surface area contributed by atoms with Crippen molar-refractivity contribution in [1.82, 2.24) is 15.0 Å². The second-order valence-electron chi connectivity index (χ2n) is 8.27. The maximum absolute atomic E-state index is 12.9. The van der Waals surface area contributed by atoms with Crippen LogP contribution in [0, 0.1) is 0 Å². The molecule has 2 aliphatic heterocycles. The number of allylic oxidation sites excluding steroid dienone is 1. The second kappa shape index (κ2) is 7.74. The quantitative estimate of drug-likeness (QED) is 0.746. The number of morpholine rings is 1. The Kier molecular flexibility index (Phi) is 5.06. The van der Waals surface area contributed by atoms with Gasteiger partial charge in [-0.1, -0.05) is 18.6 Å². The van der Waals surface area contributed by atoms with E-state index in [-0.39, 0.29) is 11.8 Å². The highest BCUT2D eigenvalue weighted by atomic mass is 32.2. The Labute approximate surface area is 177 Å². The fraction of sp³-hybridized carbons (Fsp3) is 0.500. The van der Waals surface area contributed by atoms with Gasteiger partial charge in [0, 0.05) is 36.4 Å². The molecule has 2 aromatic rings. The zero-order valence-electron chi connectivity index (χ0n) is 17.1. The molecule has 158 valence electrons. The van der Waals surface area contributed by atoms with E-state index in [4.69, 9.17) is 14.7 Å². The van der Waals surface area contributed by atoms with E-state index in [0.717, 1.165) is 48.4 Å². The highest BCUT2D eigenvalue weighted by Crippen LogP contribution is 2.36. The minimum Gasteiger partial charge on any atom is -0.377 e. The molecule has 5 rings (SSSR count). The Morgan fingerprint density at radius 2 is 2.13 bits per heavy atom. The smallest absolute Gasteiger partial charge is 0.162 e. The second-order valence-corrected chi connectivity index (χ2v) is 10.6. The van der Waals surface area contributed by atoms with Crippen molar-refractivity contribution >= 4 is 21.7 Å². The minimum absolute atomic E-state index is 0.167. The Balaban J connectivity index is 1.66. The molecule has 0 N–H and O–H groups in total. The van der Waals surface area contributed by atoms with Crippen LogP contribution in [-0.4, -0.2) is 54.9 Å². The third-order valence-electron chi connectivity index (χ3n) is 6.21. The van der Waals surface area contributed by atoms with Gasteiger partial charge < -0.3 is 9.64 Å². The molecule has 2 fully saturated rings. The summed E-state index contributed by atoms with van der Waals surface area (Å²) in [4.78, 5) is 16.4. The molecule has 0 bridgehead atoms. The van der Waals surface area contributed by atoms with Gasteiger partial charge in [-0.2, -0.15) is 0 Å². The zero-order chi connectivity index (χ0) is 20.7. The lowest BCUT2D eigenvalue weighted by Crippen LogP contribution is -2.44. The van der Waals surface area contributed by atoms with Gasteiger partial charge in [-0.05, 0) is 25.8 Å². The molecule has 30 heavy (non-hydrogen) atoms. The van der Waals surface area contributed by atoms with Gasteiger partial charge in [0.05, 0.1) is 36.4 Å². The molecule has 3 aliphatic rings. The first-order chi connectivity index (χ1) is 14.5. The molecule has 1 unspecified atom stereocenters. The molecule has 2 atom stereocenters. The third-order valence-corrected chi connectivity index (χ3v) is 8.41. The van der Waals surface area contributed by atoms with E-state index >= 15 is 0 Å². The normalized spacial score (nSPS) is 25.3. The first-order valence-corrected chi connectivity index (χ1v) is 12.3. The van der Waals surface area contributed by atoms with Gasteiger partial charge in [0.2, 0.25) is 0 Å². The van der Waals surface area contributed by atoms with Gasteiger partial charge in [0.1, 0.15) is 11.1 Å². The number of fused-ring (bicyclic) bond motifs is 1. The summed E-state index contributed by atoms with van der Waals surface area (Å²) in [6.45, 7) is 4.09. The summed E-state index contributed by atoms with van der Waals surface area (Å²) < 4.78 is 31.3. The fourth-order valence-electron chi connectivity index (χ4n) is 4.59. The van der Waals surface area contributed by atoms with Gasteiger partial charge in [-0.25, -0.2) is 18.4 Å². The number of sulfone groups is 1. The summed E-state index contributed by atoms with van der Waals surface area (Å²) in [6, 6.07) is 3.98. The molecule has 0 radical (unpaired) electrons. The number of pyridine rings is 1. The lowest BCUT2D eigenvalue weighted by atomic mass is 10.1. The Hall–Kier alpha value is -2.32. The maximum Gasteiger partial charge on any atom is 0.162 e. The van der Waals surface area contributed by atoms with E-state index in [9.17, 15) is 8.42 Å². The van der Waals surface area contributed by atoms with E-state index in [0.29, 0.717) is 31.2 Å². The molecule has 1 aliphatic carbocycles. The monoisotopic (exact) mass is 426 g/mol. The van der Waals surface area contributed by atoms with E-state index in [1.54, 1.807) is 6.20 Å².